The molecule has 0 atom stereocenters. The summed E-state index contributed by atoms with van der Waals surface area (Å²) >= 11 is 0. The van der Waals surface area contributed by atoms with Crippen LogP contribution in [-0.2, 0) is 22.5 Å². The van der Waals surface area contributed by atoms with E-state index in [0.717, 1.165) is 18.5 Å². The first-order chi connectivity index (χ1) is 10.6. The van der Waals surface area contributed by atoms with Gasteiger partial charge in [-0.05, 0) is 59.2 Å². The van der Waals surface area contributed by atoms with Crippen molar-refractivity contribution in [2.75, 3.05) is 13.2 Å². The Morgan fingerprint density at radius 2 is 1.96 bits per heavy atom. The molecule has 1 aliphatic rings. The van der Waals surface area contributed by atoms with E-state index in [4.69, 9.17) is 9.47 Å². The molecule has 0 aromatic heterocycles. The average molecular weight is 323 g/mol. The van der Waals surface area contributed by atoms with E-state index in [-0.39, 0.29) is 18.4 Å². The van der Waals surface area contributed by atoms with Crippen molar-refractivity contribution in [1.82, 2.24) is 5.32 Å². The molecule has 1 heterocycles. The number of halogens is 1. The Morgan fingerprint density at radius 1 is 1.26 bits per heavy atom. The number of esters is 1. The van der Waals surface area contributed by atoms with Gasteiger partial charge in [0, 0.05) is 18.2 Å². The molecule has 0 saturated carbocycles. The lowest BCUT2D eigenvalue weighted by molar-refractivity contribution is -0.167. The first-order valence-electron chi connectivity index (χ1n) is 7.97. The van der Waals surface area contributed by atoms with E-state index in [0.29, 0.717) is 17.9 Å². The molecule has 0 bridgehead atoms. The van der Waals surface area contributed by atoms with Gasteiger partial charge in [0.25, 0.3) is 0 Å². The summed E-state index contributed by atoms with van der Waals surface area (Å²) in [6.07, 6.45) is 0.777. The zero-order valence-corrected chi connectivity index (χ0v) is 14.6. The fraction of sp³-hybridized carbons (Fsp3) is 0.611. The van der Waals surface area contributed by atoms with Crippen LogP contribution in [0.1, 0.15) is 45.7 Å². The van der Waals surface area contributed by atoms with Gasteiger partial charge in [-0.1, -0.05) is 0 Å². The van der Waals surface area contributed by atoms with E-state index in [9.17, 15) is 9.18 Å². The minimum absolute atomic E-state index is 0.137. The lowest BCUT2D eigenvalue weighted by Crippen LogP contribution is -2.37. The van der Waals surface area contributed by atoms with Crippen molar-refractivity contribution >= 4 is 5.97 Å². The summed E-state index contributed by atoms with van der Waals surface area (Å²) in [6, 6.07) is 3.25. The van der Waals surface area contributed by atoms with E-state index in [1.54, 1.807) is 13.8 Å². The molecule has 0 unspecified atom stereocenters. The van der Waals surface area contributed by atoms with Crippen molar-refractivity contribution in [3.63, 3.8) is 0 Å². The predicted octanol–water partition coefficient (Wildman–Crippen LogP) is 3.22. The van der Waals surface area contributed by atoms with Crippen LogP contribution in [0, 0.1) is 11.2 Å². The van der Waals surface area contributed by atoms with Gasteiger partial charge in [-0.2, -0.15) is 0 Å². The van der Waals surface area contributed by atoms with E-state index >= 15 is 0 Å². The molecule has 0 fully saturated rings. The minimum Gasteiger partial charge on any atom is -0.492 e. The van der Waals surface area contributed by atoms with Crippen LogP contribution in [0.2, 0.25) is 0 Å². The molecule has 23 heavy (non-hydrogen) atoms. The number of fused-ring (bicyclic) bond motifs is 1. The molecule has 4 nitrogen and oxygen atoms in total. The SMILES string of the molecule is CC(C)(C)OC(=O)C(C)(C)COc1cc(F)c2c(c1)CCNC2. The Hall–Kier alpha value is -1.62. The van der Waals surface area contributed by atoms with Crippen molar-refractivity contribution in [1.29, 1.82) is 0 Å². The molecule has 2 rings (SSSR count). The number of carbonyl (C=O) groups excluding carboxylic acids is 1. The average Bonchev–Trinajstić information content (AvgIpc) is 2.43. The zero-order chi connectivity index (χ0) is 17.3. The topological polar surface area (TPSA) is 47.6 Å². The molecule has 0 spiro atoms. The Labute approximate surface area is 137 Å². The maximum Gasteiger partial charge on any atom is 0.315 e. The summed E-state index contributed by atoms with van der Waals surface area (Å²) < 4.78 is 25.2. The molecular formula is C18H26FNO3. The van der Waals surface area contributed by atoms with Gasteiger partial charge >= 0.3 is 5.97 Å². The number of benzene rings is 1. The van der Waals surface area contributed by atoms with Crippen LogP contribution in [0.25, 0.3) is 0 Å². The molecule has 5 heteroatoms. The van der Waals surface area contributed by atoms with Crippen molar-refractivity contribution < 1.29 is 18.7 Å². The van der Waals surface area contributed by atoms with Gasteiger partial charge < -0.3 is 14.8 Å². The molecule has 1 N–H and O–H groups in total. The summed E-state index contributed by atoms with van der Waals surface area (Å²) in [5.41, 5.74) is 0.323. The van der Waals surface area contributed by atoms with Gasteiger partial charge in [0.2, 0.25) is 0 Å². The number of nitrogens with one attached hydrogen (secondary N) is 1. The molecule has 1 aromatic rings. The van der Waals surface area contributed by atoms with E-state index in [1.807, 2.05) is 26.8 Å². The van der Waals surface area contributed by atoms with E-state index < -0.39 is 11.0 Å². The normalized spacial score (nSPS) is 15.0. The molecular weight excluding hydrogens is 297 g/mol. The van der Waals surface area contributed by atoms with Crippen LogP contribution in [-0.4, -0.2) is 24.7 Å². The van der Waals surface area contributed by atoms with Crippen LogP contribution in [0.4, 0.5) is 4.39 Å². The molecule has 128 valence electrons. The Morgan fingerprint density at radius 3 is 2.61 bits per heavy atom. The van der Waals surface area contributed by atoms with Gasteiger partial charge in [0.15, 0.2) is 0 Å². The largest absolute Gasteiger partial charge is 0.492 e. The third-order valence-electron chi connectivity index (χ3n) is 3.69. The van der Waals surface area contributed by atoms with Crippen LogP contribution in [0.3, 0.4) is 0 Å². The predicted molar refractivity (Wildman–Crippen MR) is 86.9 cm³/mol. The number of hydrogen-bond donors (Lipinski definition) is 1. The highest BCUT2D eigenvalue weighted by atomic mass is 19.1. The zero-order valence-electron chi connectivity index (χ0n) is 14.6. The standard InChI is InChI=1S/C18H26FNO3/c1-17(2,3)23-16(21)18(4,5)11-22-13-8-12-6-7-20-10-14(12)15(19)9-13/h8-9,20H,6-7,10-11H2,1-5H3. The van der Waals surface area contributed by atoms with Crippen LogP contribution in [0.5, 0.6) is 5.75 Å². The van der Waals surface area contributed by atoms with Gasteiger partial charge in [0.05, 0.1) is 5.41 Å². The third kappa shape index (κ3) is 4.67. The van der Waals surface area contributed by atoms with Crippen molar-refractivity contribution in [2.45, 2.75) is 53.2 Å². The monoisotopic (exact) mass is 323 g/mol. The fourth-order valence-electron chi connectivity index (χ4n) is 2.35. The second-order valence-corrected chi connectivity index (χ2v) is 7.64. The molecule has 0 radical (unpaired) electrons. The highest BCUT2D eigenvalue weighted by Crippen LogP contribution is 2.27. The van der Waals surface area contributed by atoms with Gasteiger partial charge in [0.1, 0.15) is 23.8 Å². The van der Waals surface area contributed by atoms with Crippen LogP contribution >= 0.6 is 0 Å². The van der Waals surface area contributed by atoms with Gasteiger partial charge in [-0.15, -0.1) is 0 Å². The Balaban J connectivity index is 2.05. The maximum absolute atomic E-state index is 14.1. The lowest BCUT2D eigenvalue weighted by Gasteiger charge is -2.28. The maximum atomic E-state index is 14.1. The second kappa shape index (κ2) is 6.48. The summed E-state index contributed by atoms with van der Waals surface area (Å²) in [5, 5.41) is 3.15. The molecule has 0 saturated heterocycles. The van der Waals surface area contributed by atoms with Crippen LogP contribution < -0.4 is 10.1 Å². The van der Waals surface area contributed by atoms with Crippen molar-refractivity contribution in [3.8, 4) is 5.75 Å². The van der Waals surface area contributed by atoms with Crippen molar-refractivity contribution in [2.24, 2.45) is 5.41 Å². The number of rotatable bonds is 4. The van der Waals surface area contributed by atoms with Gasteiger partial charge in [-0.3, -0.25) is 4.79 Å². The minimum atomic E-state index is -0.804. The molecule has 0 aliphatic carbocycles. The lowest BCUT2D eigenvalue weighted by atomic mass is 9.94. The number of hydrogen-bond acceptors (Lipinski definition) is 4. The van der Waals surface area contributed by atoms with Gasteiger partial charge in [-0.25, -0.2) is 4.39 Å². The first-order valence-corrected chi connectivity index (χ1v) is 7.97. The fourth-order valence-corrected chi connectivity index (χ4v) is 2.35. The Kier molecular flexibility index (Phi) is 4.99. The summed E-state index contributed by atoms with van der Waals surface area (Å²) in [4.78, 5) is 12.2. The van der Waals surface area contributed by atoms with Crippen molar-refractivity contribution in [3.05, 3.63) is 29.1 Å². The highest BCUT2D eigenvalue weighted by Gasteiger charge is 2.33. The Bertz CT molecular complexity index is 591. The first kappa shape index (κ1) is 17.7. The molecule has 1 aliphatic heterocycles. The number of ether oxygens (including phenoxy) is 2. The summed E-state index contributed by atoms with van der Waals surface area (Å²) in [7, 11) is 0. The van der Waals surface area contributed by atoms with E-state index in [1.165, 1.54) is 6.07 Å². The summed E-state index contributed by atoms with van der Waals surface area (Å²) in [6.45, 7) is 10.5. The summed E-state index contributed by atoms with van der Waals surface area (Å²) in [5.74, 6) is -0.132. The molecule has 1 aromatic carbocycles. The smallest absolute Gasteiger partial charge is 0.315 e. The van der Waals surface area contributed by atoms with Crippen LogP contribution in [0.15, 0.2) is 12.1 Å². The second-order valence-electron chi connectivity index (χ2n) is 7.64. The highest BCUT2D eigenvalue weighted by molar-refractivity contribution is 5.76. The molecule has 0 amide bonds. The van der Waals surface area contributed by atoms with E-state index in [2.05, 4.69) is 5.32 Å². The number of carbonyl (C=O) groups is 1. The quantitative estimate of drug-likeness (QED) is 0.864. The third-order valence-corrected chi connectivity index (χ3v) is 3.69.